The fourth-order valence-electron chi connectivity index (χ4n) is 2.33. The van der Waals surface area contributed by atoms with Gasteiger partial charge in [0.15, 0.2) is 11.6 Å². The Morgan fingerprint density at radius 1 is 0.926 bits per heavy atom. The van der Waals surface area contributed by atoms with Gasteiger partial charge in [-0.3, -0.25) is 10.9 Å². The van der Waals surface area contributed by atoms with Gasteiger partial charge in [-0.15, -0.1) is 0 Å². The number of nitrogens with two attached hydrogens (primary N) is 1. The lowest BCUT2D eigenvalue weighted by Crippen LogP contribution is -2.13. The molecule has 0 fully saturated rings. The second kappa shape index (κ2) is 8.33. The molecule has 5 N–H and O–H groups in total. The fraction of sp³-hybridized carbons (Fsp3) is 0.111. The molecular weight excluding hydrogens is 368 g/mol. The molecule has 0 unspecified atom stereocenters. The van der Waals surface area contributed by atoms with Gasteiger partial charge in [0.2, 0.25) is 0 Å². The molecule has 3 rings (SSSR count). The summed E-state index contributed by atoms with van der Waals surface area (Å²) in [6.07, 6.45) is 1.39. The monoisotopic (exact) mass is 386 g/mol. The van der Waals surface area contributed by atoms with Gasteiger partial charge in [-0.25, -0.2) is 9.97 Å². The third-order valence-electron chi connectivity index (χ3n) is 3.71. The number of hydrazine groups is 1. The molecule has 0 saturated carbocycles. The Morgan fingerprint density at radius 3 is 2.33 bits per heavy atom. The molecule has 3 aromatic rings. The van der Waals surface area contributed by atoms with Crippen molar-refractivity contribution in [1.82, 2.24) is 9.97 Å². The van der Waals surface area contributed by atoms with E-state index in [4.69, 9.17) is 26.8 Å². The summed E-state index contributed by atoms with van der Waals surface area (Å²) in [5, 5.41) is 3.54. The van der Waals surface area contributed by atoms with Crippen molar-refractivity contribution in [3.8, 4) is 11.5 Å². The molecule has 0 saturated heterocycles. The first-order chi connectivity index (χ1) is 13.1. The molecule has 27 heavy (non-hydrogen) atoms. The molecule has 0 aliphatic rings. The van der Waals surface area contributed by atoms with E-state index in [1.807, 2.05) is 30.3 Å². The van der Waals surface area contributed by atoms with Gasteiger partial charge in [-0.05, 0) is 18.2 Å². The number of nitrogens with zero attached hydrogens (tertiary/aromatic N) is 2. The molecule has 0 bridgehead atoms. The van der Waals surface area contributed by atoms with Crippen LogP contribution < -0.4 is 31.4 Å². The minimum atomic E-state index is 0.329. The number of rotatable bonds is 7. The van der Waals surface area contributed by atoms with Crippen LogP contribution in [0.4, 0.5) is 28.7 Å². The van der Waals surface area contributed by atoms with Gasteiger partial charge in [-0.1, -0.05) is 29.8 Å². The lowest BCUT2D eigenvalue weighted by molar-refractivity contribution is 0.396. The molecule has 140 valence electrons. The van der Waals surface area contributed by atoms with E-state index in [-0.39, 0.29) is 0 Å². The Morgan fingerprint density at radius 2 is 1.63 bits per heavy atom. The zero-order valence-corrected chi connectivity index (χ0v) is 15.5. The second-order valence-electron chi connectivity index (χ2n) is 5.41. The van der Waals surface area contributed by atoms with Crippen LogP contribution in [0.3, 0.4) is 0 Å². The van der Waals surface area contributed by atoms with Crippen LogP contribution in [0.2, 0.25) is 5.02 Å². The van der Waals surface area contributed by atoms with Crippen LogP contribution in [0.1, 0.15) is 0 Å². The second-order valence-corrected chi connectivity index (χ2v) is 5.82. The van der Waals surface area contributed by atoms with E-state index in [0.29, 0.717) is 39.5 Å². The fourth-order valence-corrected chi connectivity index (χ4v) is 2.57. The average Bonchev–Trinajstić information content (AvgIpc) is 2.69. The number of hydrogen-bond acceptors (Lipinski definition) is 8. The maximum Gasteiger partial charge on any atom is 0.173 e. The molecule has 0 aliphatic heterocycles. The van der Waals surface area contributed by atoms with Crippen molar-refractivity contribution in [3.63, 3.8) is 0 Å². The molecule has 0 aliphatic carbocycles. The Bertz CT molecular complexity index is 923. The number of methoxy groups -OCH3 is 2. The summed E-state index contributed by atoms with van der Waals surface area (Å²) in [5.74, 6) is 1.87. The lowest BCUT2D eigenvalue weighted by Gasteiger charge is -2.16. The summed E-state index contributed by atoms with van der Waals surface area (Å²) in [7, 11) is 3.09. The zero-order chi connectivity index (χ0) is 19.2. The van der Waals surface area contributed by atoms with Crippen molar-refractivity contribution in [2.24, 2.45) is 0 Å². The van der Waals surface area contributed by atoms with E-state index in [9.17, 15) is 0 Å². The van der Waals surface area contributed by atoms with Crippen molar-refractivity contribution < 1.29 is 9.47 Å². The summed E-state index contributed by atoms with van der Waals surface area (Å²) in [4.78, 5) is 8.35. The highest BCUT2D eigenvalue weighted by molar-refractivity contribution is 6.32. The molecule has 0 atom stereocenters. The first-order valence-electron chi connectivity index (χ1n) is 7.98. The van der Waals surface area contributed by atoms with Gasteiger partial charge in [0, 0.05) is 6.07 Å². The number of anilines is 5. The van der Waals surface area contributed by atoms with Gasteiger partial charge >= 0.3 is 0 Å². The maximum absolute atomic E-state index is 6.21. The summed E-state index contributed by atoms with van der Waals surface area (Å²) in [5.41, 5.74) is 14.0. The summed E-state index contributed by atoms with van der Waals surface area (Å²) < 4.78 is 10.6. The Labute approximate surface area is 161 Å². The molecule has 0 radical (unpaired) electrons. The van der Waals surface area contributed by atoms with Crippen LogP contribution in [0, 0.1) is 0 Å². The van der Waals surface area contributed by atoms with Crippen LogP contribution in [-0.2, 0) is 0 Å². The number of para-hydroxylation sites is 1. The highest BCUT2D eigenvalue weighted by Crippen LogP contribution is 2.38. The molecule has 1 heterocycles. The molecule has 8 nitrogen and oxygen atoms in total. The van der Waals surface area contributed by atoms with E-state index in [0.717, 1.165) is 5.69 Å². The molecule has 9 heteroatoms. The van der Waals surface area contributed by atoms with Crippen molar-refractivity contribution in [1.29, 1.82) is 0 Å². The molecule has 0 spiro atoms. The third kappa shape index (κ3) is 4.24. The smallest absolute Gasteiger partial charge is 0.173 e. The molecule has 1 aromatic heterocycles. The van der Waals surface area contributed by atoms with Crippen LogP contribution in [0.5, 0.6) is 11.5 Å². The van der Waals surface area contributed by atoms with E-state index in [1.165, 1.54) is 13.4 Å². The number of hydrogen-bond donors (Lipinski definition) is 4. The van der Waals surface area contributed by atoms with E-state index in [1.54, 1.807) is 19.2 Å². The summed E-state index contributed by atoms with van der Waals surface area (Å²) in [6.45, 7) is 0. The first-order valence-corrected chi connectivity index (χ1v) is 8.36. The summed E-state index contributed by atoms with van der Waals surface area (Å²) >= 11 is 6.21. The van der Waals surface area contributed by atoms with Crippen LogP contribution in [-0.4, -0.2) is 24.2 Å². The predicted molar refractivity (Wildman–Crippen MR) is 108 cm³/mol. The van der Waals surface area contributed by atoms with E-state index >= 15 is 0 Å². The van der Waals surface area contributed by atoms with Gasteiger partial charge in [0.05, 0.1) is 30.6 Å². The van der Waals surface area contributed by atoms with E-state index in [2.05, 4.69) is 26.1 Å². The number of halogens is 1. The molecule has 0 amide bonds. The van der Waals surface area contributed by atoms with Crippen molar-refractivity contribution in [3.05, 3.63) is 53.8 Å². The minimum absolute atomic E-state index is 0.329. The minimum Gasteiger partial charge on any atom is -0.495 e. The highest BCUT2D eigenvalue weighted by atomic mass is 35.5. The van der Waals surface area contributed by atoms with E-state index < -0.39 is 0 Å². The normalized spacial score (nSPS) is 10.2. The maximum atomic E-state index is 6.21. The Kier molecular flexibility index (Phi) is 5.68. The largest absolute Gasteiger partial charge is 0.495 e. The number of aromatic nitrogens is 2. The van der Waals surface area contributed by atoms with Crippen LogP contribution >= 0.6 is 11.6 Å². The lowest BCUT2D eigenvalue weighted by atomic mass is 10.2. The van der Waals surface area contributed by atoms with Crippen LogP contribution in [0.15, 0.2) is 48.8 Å². The standard InChI is InChI=1S/C18H19ClN6O2/c1-26-14-9-15(27-2)13(8-12(14)19)23-17-16(20)18(22-10-21-17)25-24-11-6-4-3-5-7-11/h3-10,24H,20H2,1-2H3,(H2,21,22,23,25). The van der Waals surface area contributed by atoms with Crippen LogP contribution in [0.25, 0.3) is 0 Å². The predicted octanol–water partition coefficient (Wildman–Crippen LogP) is 3.91. The highest BCUT2D eigenvalue weighted by Gasteiger charge is 2.14. The topological polar surface area (TPSA) is 106 Å². The number of benzene rings is 2. The first kappa shape index (κ1) is 18.4. The molecule has 2 aromatic carbocycles. The van der Waals surface area contributed by atoms with Gasteiger partial charge in [0.25, 0.3) is 0 Å². The SMILES string of the molecule is COc1cc(OC)c(Nc2ncnc(NNc3ccccc3)c2N)cc1Cl. The van der Waals surface area contributed by atoms with Gasteiger partial charge < -0.3 is 20.5 Å². The van der Waals surface area contributed by atoms with Crippen molar-refractivity contribution >= 4 is 40.3 Å². The quantitative estimate of drug-likeness (QED) is 0.453. The average molecular weight is 387 g/mol. The Balaban J connectivity index is 1.83. The number of nitrogen functional groups attached to an aromatic ring is 1. The zero-order valence-electron chi connectivity index (χ0n) is 14.8. The number of ether oxygens (including phenoxy) is 2. The van der Waals surface area contributed by atoms with Gasteiger partial charge in [-0.2, -0.15) is 0 Å². The van der Waals surface area contributed by atoms with Gasteiger partial charge in [0.1, 0.15) is 23.5 Å². The Hall–Kier alpha value is -3.39. The third-order valence-corrected chi connectivity index (χ3v) is 4.01. The van der Waals surface area contributed by atoms with Crippen molar-refractivity contribution in [2.75, 3.05) is 36.1 Å². The summed E-state index contributed by atoms with van der Waals surface area (Å²) in [6, 6.07) is 12.9. The number of nitrogens with one attached hydrogen (secondary N) is 3. The molecular formula is C18H19ClN6O2. The van der Waals surface area contributed by atoms with Crippen molar-refractivity contribution in [2.45, 2.75) is 0 Å².